The largest absolute Gasteiger partial charge is 0.361 e. The first-order valence-corrected chi connectivity index (χ1v) is 6.90. The van der Waals surface area contributed by atoms with Crippen LogP contribution in [0, 0.1) is 6.92 Å². The molecule has 1 aromatic heterocycles. The molecule has 0 saturated heterocycles. The number of para-hydroxylation sites is 1. The number of rotatable bonds is 4. The van der Waals surface area contributed by atoms with Crippen LogP contribution >= 0.6 is 0 Å². The van der Waals surface area contributed by atoms with Gasteiger partial charge in [0, 0.05) is 5.69 Å². The van der Waals surface area contributed by atoms with Gasteiger partial charge in [0.25, 0.3) is 5.91 Å². The van der Waals surface area contributed by atoms with Crippen LogP contribution in [-0.4, -0.2) is 11.1 Å². The van der Waals surface area contributed by atoms with Crippen molar-refractivity contribution in [2.24, 2.45) is 0 Å². The molecule has 0 fully saturated rings. The quantitative estimate of drug-likeness (QED) is 0.917. The van der Waals surface area contributed by atoms with Crippen LogP contribution in [0.15, 0.2) is 28.8 Å². The third-order valence-electron chi connectivity index (χ3n) is 3.33. The van der Waals surface area contributed by atoms with Crippen LogP contribution in [0.4, 0.5) is 5.69 Å². The van der Waals surface area contributed by atoms with Crippen LogP contribution in [-0.2, 0) is 6.42 Å². The van der Waals surface area contributed by atoms with Crippen molar-refractivity contribution in [1.82, 2.24) is 5.16 Å². The summed E-state index contributed by atoms with van der Waals surface area (Å²) in [6.07, 6.45) is 0.673. The Morgan fingerprint density at radius 3 is 2.70 bits per heavy atom. The second-order valence-electron chi connectivity index (χ2n) is 5.11. The van der Waals surface area contributed by atoms with E-state index in [-0.39, 0.29) is 5.91 Å². The molecular weight excluding hydrogens is 252 g/mol. The van der Waals surface area contributed by atoms with E-state index in [1.807, 2.05) is 31.2 Å². The molecule has 20 heavy (non-hydrogen) atoms. The van der Waals surface area contributed by atoms with Crippen molar-refractivity contribution in [2.45, 2.75) is 40.0 Å². The Labute approximate surface area is 119 Å². The monoisotopic (exact) mass is 272 g/mol. The predicted octanol–water partition coefficient (Wildman–Crippen LogP) is 3.92. The number of hydrogen-bond donors (Lipinski definition) is 1. The lowest BCUT2D eigenvalue weighted by atomic mass is 10.0. The molecule has 0 aliphatic carbocycles. The molecule has 0 aliphatic heterocycles. The zero-order valence-electron chi connectivity index (χ0n) is 12.4. The van der Waals surface area contributed by atoms with E-state index in [0.717, 1.165) is 11.3 Å². The molecule has 0 spiro atoms. The highest BCUT2D eigenvalue weighted by atomic mass is 16.5. The van der Waals surface area contributed by atoms with Gasteiger partial charge in [0.05, 0.1) is 5.69 Å². The number of aryl methyl sites for hydroxylation is 2. The van der Waals surface area contributed by atoms with Gasteiger partial charge in [-0.15, -0.1) is 0 Å². The number of nitrogens with one attached hydrogen (secondary N) is 1. The molecule has 4 heteroatoms. The van der Waals surface area contributed by atoms with Gasteiger partial charge in [0.2, 0.25) is 0 Å². The van der Waals surface area contributed by atoms with Crippen molar-refractivity contribution in [1.29, 1.82) is 0 Å². The number of anilines is 1. The van der Waals surface area contributed by atoms with Crippen molar-refractivity contribution in [3.05, 3.63) is 46.8 Å². The Kier molecular flexibility index (Phi) is 4.23. The maximum absolute atomic E-state index is 12.4. The molecule has 2 aromatic rings. The summed E-state index contributed by atoms with van der Waals surface area (Å²) in [4.78, 5) is 12.4. The zero-order valence-corrected chi connectivity index (χ0v) is 12.4. The first-order valence-electron chi connectivity index (χ1n) is 6.90. The fourth-order valence-corrected chi connectivity index (χ4v) is 2.25. The maximum atomic E-state index is 12.4. The third kappa shape index (κ3) is 2.74. The molecular formula is C16H20N2O2. The van der Waals surface area contributed by atoms with Crippen LogP contribution in [0.2, 0.25) is 0 Å². The number of carbonyl (C=O) groups excluding carboxylic acids is 1. The molecule has 0 saturated carbocycles. The highest BCUT2D eigenvalue weighted by molar-refractivity contribution is 6.06. The van der Waals surface area contributed by atoms with Crippen molar-refractivity contribution in [3.63, 3.8) is 0 Å². The smallest absolute Gasteiger partial charge is 0.261 e. The predicted molar refractivity (Wildman–Crippen MR) is 79.1 cm³/mol. The number of carbonyl (C=O) groups is 1. The van der Waals surface area contributed by atoms with Gasteiger partial charge in [-0.05, 0) is 30.9 Å². The summed E-state index contributed by atoms with van der Waals surface area (Å²) < 4.78 is 5.11. The topological polar surface area (TPSA) is 55.1 Å². The highest BCUT2D eigenvalue weighted by Crippen LogP contribution is 2.25. The summed E-state index contributed by atoms with van der Waals surface area (Å²) in [7, 11) is 0. The zero-order chi connectivity index (χ0) is 14.7. The van der Waals surface area contributed by atoms with E-state index in [9.17, 15) is 4.79 Å². The lowest BCUT2D eigenvalue weighted by molar-refractivity contribution is 0.102. The van der Waals surface area contributed by atoms with Gasteiger partial charge >= 0.3 is 0 Å². The fraction of sp³-hybridized carbons (Fsp3) is 0.375. The van der Waals surface area contributed by atoms with Gasteiger partial charge in [-0.25, -0.2) is 0 Å². The lowest BCUT2D eigenvalue weighted by Crippen LogP contribution is -2.15. The molecule has 0 radical (unpaired) electrons. The Bertz CT molecular complexity index is 615. The van der Waals surface area contributed by atoms with E-state index >= 15 is 0 Å². The van der Waals surface area contributed by atoms with Gasteiger partial charge < -0.3 is 9.84 Å². The summed E-state index contributed by atoms with van der Waals surface area (Å²) in [6.45, 7) is 7.92. The summed E-state index contributed by atoms with van der Waals surface area (Å²) in [5, 5.41) is 6.89. The Morgan fingerprint density at radius 2 is 2.05 bits per heavy atom. The maximum Gasteiger partial charge on any atom is 0.261 e. The van der Waals surface area contributed by atoms with E-state index < -0.39 is 0 Å². The van der Waals surface area contributed by atoms with Crippen LogP contribution in [0.5, 0.6) is 0 Å². The van der Waals surface area contributed by atoms with Crippen molar-refractivity contribution in [3.8, 4) is 0 Å². The minimum atomic E-state index is -0.159. The second kappa shape index (κ2) is 5.90. The SMILES string of the molecule is CCc1noc(C)c1C(=O)Nc1ccccc1C(C)C. The molecule has 2 rings (SSSR count). The number of benzene rings is 1. The summed E-state index contributed by atoms with van der Waals surface area (Å²) in [5.41, 5.74) is 3.20. The molecule has 106 valence electrons. The lowest BCUT2D eigenvalue weighted by Gasteiger charge is -2.13. The molecule has 0 unspecified atom stereocenters. The van der Waals surface area contributed by atoms with Gasteiger partial charge in [-0.3, -0.25) is 4.79 Å². The normalized spacial score (nSPS) is 10.8. The summed E-state index contributed by atoms with van der Waals surface area (Å²) >= 11 is 0. The van der Waals surface area contributed by atoms with Crippen molar-refractivity contribution in [2.75, 3.05) is 5.32 Å². The van der Waals surface area contributed by atoms with Gasteiger partial charge in [-0.1, -0.05) is 44.1 Å². The molecule has 1 heterocycles. The van der Waals surface area contributed by atoms with E-state index in [0.29, 0.717) is 29.4 Å². The molecule has 1 amide bonds. The molecule has 0 aliphatic rings. The molecule has 0 atom stereocenters. The first kappa shape index (κ1) is 14.3. The fourth-order valence-electron chi connectivity index (χ4n) is 2.25. The minimum absolute atomic E-state index is 0.159. The van der Waals surface area contributed by atoms with Gasteiger partial charge in [0.15, 0.2) is 0 Å². The van der Waals surface area contributed by atoms with Crippen LogP contribution in [0.1, 0.15) is 54.1 Å². The summed E-state index contributed by atoms with van der Waals surface area (Å²) in [5.74, 6) is 0.746. The van der Waals surface area contributed by atoms with Gasteiger partial charge in [-0.2, -0.15) is 0 Å². The molecule has 1 N–H and O–H groups in total. The highest BCUT2D eigenvalue weighted by Gasteiger charge is 2.20. The standard InChI is InChI=1S/C16H20N2O2/c1-5-13-15(11(4)20-18-13)16(19)17-14-9-7-6-8-12(14)10(2)3/h6-10H,5H2,1-4H3,(H,17,19). The number of nitrogens with zero attached hydrogens (tertiary/aromatic N) is 1. The van der Waals surface area contributed by atoms with E-state index in [1.165, 1.54) is 0 Å². The average Bonchev–Trinajstić information content (AvgIpc) is 2.80. The molecule has 4 nitrogen and oxygen atoms in total. The van der Waals surface area contributed by atoms with Crippen LogP contribution in [0.3, 0.4) is 0 Å². The Balaban J connectivity index is 2.31. The molecule has 0 bridgehead atoms. The number of amides is 1. The number of aromatic nitrogens is 1. The number of hydrogen-bond acceptors (Lipinski definition) is 3. The Hall–Kier alpha value is -2.10. The minimum Gasteiger partial charge on any atom is -0.361 e. The van der Waals surface area contributed by atoms with E-state index in [2.05, 4.69) is 24.3 Å². The summed E-state index contributed by atoms with van der Waals surface area (Å²) in [6, 6.07) is 7.85. The molecule has 1 aromatic carbocycles. The van der Waals surface area contributed by atoms with E-state index in [4.69, 9.17) is 4.52 Å². The van der Waals surface area contributed by atoms with Crippen molar-refractivity contribution >= 4 is 11.6 Å². The average molecular weight is 272 g/mol. The van der Waals surface area contributed by atoms with Gasteiger partial charge in [0.1, 0.15) is 11.3 Å². The van der Waals surface area contributed by atoms with Crippen LogP contribution < -0.4 is 5.32 Å². The Morgan fingerprint density at radius 1 is 1.35 bits per heavy atom. The van der Waals surface area contributed by atoms with Crippen molar-refractivity contribution < 1.29 is 9.32 Å². The van der Waals surface area contributed by atoms with Crippen LogP contribution in [0.25, 0.3) is 0 Å². The van der Waals surface area contributed by atoms with E-state index in [1.54, 1.807) is 6.92 Å². The first-order chi connectivity index (χ1) is 9.54. The second-order valence-corrected chi connectivity index (χ2v) is 5.11. The third-order valence-corrected chi connectivity index (χ3v) is 3.33.